The summed E-state index contributed by atoms with van der Waals surface area (Å²) in [5, 5.41) is 16.7. The fraction of sp³-hybridized carbons (Fsp3) is 0.316. The summed E-state index contributed by atoms with van der Waals surface area (Å²) in [6.07, 6.45) is 0. The van der Waals surface area contributed by atoms with Crippen molar-refractivity contribution in [2.75, 3.05) is 30.3 Å². The third kappa shape index (κ3) is 5.55. The molecule has 0 fully saturated rings. The maximum Gasteiger partial charge on any atom is 0.270 e. The van der Waals surface area contributed by atoms with Gasteiger partial charge in [-0.3, -0.25) is 14.9 Å². The molecular weight excluding hydrogens is 476 g/mol. The highest BCUT2D eigenvalue weighted by Gasteiger charge is 2.27. The number of nitro benzene ring substituents is 1. The lowest BCUT2D eigenvalue weighted by atomic mass is 10.2. The smallest absolute Gasteiger partial charge is 0.270 e. The molecule has 0 heterocycles. The number of carbonyl (C=O) groups is 1. The SMILES string of the molecule is CCN(CC)S(=O)(=O)c1cc([N+](=O)[O-])ccc1NCC(=O)Nc1ccc(Br)cc1C. The molecule has 0 spiro atoms. The summed E-state index contributed by atoms with van der Waals surface area (Å²) in [4.78, 5) is 22.6. The Kier molecular flexibility index (Phi) is 7.93. The number of aryl methyl sites for hydroxylation is 1. The van der Waals surface area contributed by atoms with E-state index in [1.165, 1.54) is 16.4 Å². The van der Waals surface area contributed by atoms with Crippen molar-refractivity contribution >= 4 is 48.9 Å². The first kappa shape index (κ1) is 23.8. The van der Waals surface area contributed by atoms with Crippen molar-refractivity contribution in [3.8, 4) is 0 Å². The molecule has 162 valence electrons. The van der Waals surface area contributed by atoms with Gasteiger partial charge in [0.15, 0.2) is 0 Å². The van der Waals surface area contributed by atoms with Crippen molar-refractivity contribution in [3.63, 3.8) is 0 Å². The zero-order valence-electron chi connectivity index (χ0n) is 16.8. The Labute approximate surface area is 183 Å². The first-order valence-electron chi connectivity index (χ1n) is 9.18. The molecule has 1 amide bonds. The number of carbonyl (C=O) groups excluding carboxylic acids is 1. The minimum Gasteiger partial charge on any atom is -0.375 e. The lowest BCUT2D eigenvalue weighted by molar-refractivity contribution is -0.385. The molecule has 2 aromatic carbocycles. The fourth-order valence-electron chi connectivity index (χ4n) is 2.82. The summed E-state index contributed by atoms with van der Waals surface area (Å²) >= 11 is 3.36. The number of rotatable bonds is 9. The van der Waals surface area contributed by atoms with Gasteiger partial charge in [0.2, 0.25) is 15.9 Å². The number of sulfonamides is 1. The van der Waals surface area contributed by atoms with Gasteiger partial charge in [0.25, 0.3) is 5.69 Å². The summed E-state index contributed by atoms with van der Waals surface area (Å²) < 4.78 is 28.0. The van der Waals surface area contributed by atoms with Crippen molar-refractivity contribution in [2.45, 2.75) is 25.7 Å². The van der Waals surface area contributed by atoms with Crippen LogP contribution in [0.15, 0.2) is 45.8 Å². The Morgan fingerprint density at radius 2 is 1.77 bits per heavy atom. The molecule has 30 heavy (non-hydrogen) atoms. The van der Waals surface area contributed by atoms with E-state index in [-0.39, 0.29) is 41.8 Å². The lowest BCUT2D eigenvalue weighted by Crippen LogP contribution is -2.31. The van der Waals surface area contributed by atoms with E-state index in [1.807, 2.05) is 13.0 Å². The second kappa shape index (κ2) is 10.0. The van der Waals surface area contributed by atoms with Gasteiger partial charge in [-0.2, -0.15) is 4.31 Å². The van der Waals surface area contributed by atoms with Crippen LogP contribution in [-0.4, -0.2) is 43.2 Å². The summed E-state index contributed by atoms with van der Waals surface area (Å²) in [5.41, 5.74) is 1.26. The second-order valence-electron chi connectivity index (χ2n) is 6.39. The highest BCUT2D eigenvalue weighted by Crippen LogP contribution is 2.29. The van der Waals surface area contributed by atoms with Gasteiger partial charge in [0.05, 0.1) is 17.2 Å². The van der Waals surface area contributed by atoms with E-state index in [4.69, 9.17) is 0 Å². The third-order valence-electron chi connectivity index (χ3n) is 4.40. The number of nitrogens with zero attached hydrogens (tertiary/aromatic N) is 2. The van der Waals surface area contributed by atoms with Crippen LogP contribution in [0.1, 0.15) is 19.4 Å². The molecule has 2 N–H and O–H groups in total. The van der Waals surface area contributed by atoms with Crippen LogP contribution in [0.5, 0.6) is 0 Å². The molecule has 0 unspecified atom stereocenters. The van der Waals surface area contributed by atoms with Crippen molar-refractivity contribution in [2.24, 2.45) is 0 Å². The van der Waals surface area contributed by atoms with Gasteiger partial charge in [-0.25, -0.2) is 8.42 Å². The Morgan fingerprint density at radius 3 is 2.33 bits per heavy atom. The number of nitro groups is 1. The van der Waals surface area contributed by atoms with Crippen LogP contribution in [0.4, 0.5) is 17.1 Å². The van der Waals surface area contributed by atoms with Gasteiger partial charge in [-0.05, 0) is 36.8 Å². The highest BCUT2D eigenvalue weighted by atomic mass is 79.9. The van der Waals surface area contributed by atoms with E-state index in [9.17, 15) is 23.3 Å². The van der Waals surface area contributed by atoms with Crippen molar-refractivity contribution in [1.82, 2.24) is 4.31 Å². The summed E-state index contributed by atoms with van der Waals surface area (Å²) in [7, 11) is -3.98. The number of non-ortho nitro benzene ring substituents is 1. The first-order valence-corrected chi connectivity index (χ1v) is 11.4. The van der Waals surface area contributed by atoms with Gasteiger partial charge >= 0.3 is 0 Å². The van der Waals surface area contributed by atoms with Crippen molar-refractivity contribution in [1.29, 1.82) is 0 Å². The average molecular weight is 499 g/mol. The molecule has 0 bridgehead atoms. The van der Waals surface area contributed by atoms with E-state index in [2.05, 4.69) is 26.6 Å². The minimum atomic E-state index is -3.98. The third-order valence-corrected chi connectivity index (χ3v) is 6.98. The molecule has 11 heteroatoms. The zero-order valence-corrected chi connectivity index (χ0v) is 19.2. The quantitative estimate of drug-likeness (QED) is 0.401. The Bertz CT molecular complexity index is 1050. The van der Waals surface area contributed by atoms with E-state index >= 15 is 0 Å². The maximum atomic E-state index is 13.0. The lowest BCUT2D eigenvalue weighted by Gasteiger charge is -2.20. The predicted octanol–water partition coefficient (Wildman–Crippen LogP) is 3.75. The average Bonchev–Trinajstić information content (AvgIpc) is 2.69. The highest BCUT2D eigenvalue weighted by molar-refractivity contribution is 9.10. The van der Waals surface area contributed by atoms with Crippen LogP contribution in [0.25, 0.3) is 0 Å². The maximum absolute atomic E-state index is 13.0. The number of nitrogens with one attached hydrogen (secondary N) is 2. The standard InChI is InChI=1S/C19H23BrN4O5S/c1-4-23(5-2)30(28,29)18-11-15(24(26)27)7-9-17(18)21-12-19(25)22-16-8-6-14(20)10-13(16)3/h6-11,21H,4-5,12H2,1-3H3,(H,22,25). The fourth-order valence-corrected chi connectivity index (χ4v) is 4.95. The number of amides is 1. The molecule has 0 atom stereocenters. The first-order chi connectivity index (χ1) is 14.1. The second-order valence-corrected chi connectivity index (χ2v) is 9.21. The van der Waals surface area contributed by atoms with Gasteiger partial charge in [0.1, 0.15) is 4.90 Å². The van der Waals surface area contributed by atoms with Crippen LogP contribution >= 0.6 is 15.9 Å². The Hall–Kier alpha value is -2.50. The van der Waals surface area contributed by atoms with Gasteiger partial charge in [-0.15, -0.1) is 0 Å². The van der Waals surface area contributed by atoms with Crippen LogP contribution in [-0.2, 0) is 14.8 Å². The minimum absolute atomic E-state index is 0.121. The Morgan fingerprint density at radius 1 is 1.13 bits per heavy atom. The zero-order chi connectivity index (χ0) is 22.5. The van der Waals surface area contributed by atoms with E-state index in [0.29, 0.717) is 5.69 Å². The number of halogens is 1. The molecule has 2 rings (SSSR count). The molecule has 0 radical (unpaired) electrons. The number of hydrogen-bond donors (Lipinski definition) is 2. The molecule has 0 saturated carbocycles. The molecule has 9 nitrogen and oxygen atoms in total. The molecule has 2 aromatic rings. The van der Waals surface area contributed by atoms with Crippen LogP contribution < -0.4 is 10.6 Å². The number of benzene rings is 2. The van der Waals surface area contributed by atoms with Gasteiger partial charge < -0.3 is 10.6 Å². The number of hydrogen-bond acceptors (Lipinski definition) is 6. The molecule has 0 aromatic heterocycles. The van der Waals surface area contributed by atoms with E-state index in [0.717, 1.165) is 16.1 Å². The van der Waals surface area contributed by atoms with Crippen LogP contribution in [0.2, 0.25) is 0 Å². The monoisotopic (exact) mass is 498 g/mol. The van der Waals surface area contributed by atoms with Gasteiger partial charge in [-0.1, -0.05) is 29.8 Å². The van der Waals surface area contributed by atoms with E-state index in [1.54, 1.807) is 26.0 Å². The molecule has 0 aliphatic heterocycles. The molecule has 0 saturated heterocycles. The molecular formula is C19H23BrN4O5S. The normalized spacial score (nSPS) is 11.4. The topological polar surface area (TPSA) is 122 Å². The largest absolute Gasteiger partial charge is 0.375 e. The Balaban J connectivity index is 2.28. The van der Waals surface area contributed by atoms with Crippen molar-refractivity contribution < 1.29 is 18.1 Å². The van der Waals surface area contributed by atoms with Crippen LogP contribution in [0.3, 0.4) is 0 Å². The summed E-state index contributed by atoms with van der Waals surface area (Å²) in [5.74, 6) is -0.384. The summed E-state index contributed by atoms with van der Waals surface area (Å²) in [6.45, 7) is 5.42. The molecule has 0 aliphatic carbocycles. The van der Waals surface area contributed by atoms with E-state index < -0.39 is 14.9 Å². The number of anilines is 2. The predicted molar refractivity (Wildman–Crippen MR) is 119 cm³/mol. The van der Waals surface area contributed by atoms with Gasteiger partial charge in [0, 0.05) is 35.4 Å². The van der Waals surface area contributed by atoms with Crippen LogP contribution in [0, 0.1) is 17.0 Å². The van der Waals surface area contributed by atoms with Crippen molar-refractivity contribution in [3.05, 3.63) is 56.5 Å². The molecule has 0 aliphatic rings. The summed E-state index contributed by atoms with van der Waals surface area (Å²) in [6, 6.07) is 8.90.